The summed E-state index contributed by atoms with van der Waals surface area (Å²) < 4.78 is 0. The minimum atomic E-state index is -0.175. The summed E-state index contributed by atoms with van der Waals surface area (Å²) in [5, 5.41) is 18.2. The third-order valence-electron chi connectivity index (χ3n) is 4.15. The smallest absolute Gasteiger partial charge is 0.224 e. The van der Waals surface area contributed by atoms with Crippen molar-refractivity contribution in [2.45, 2.75) is 25.7 Å². The molecule has 1 aromatic heterocycles. The number of allylic oxidation sites excluding steroid dienone is 3. The molecule has 0 aliphatic heterocycles. The highest BCUT2D eigenvalue weighted by atomic mass is 16.1. The number of rotatable bonds is 8. The first-order valence-electron chi connectivity index (χ1n) is 8.45. The lowest BCUT2D eigenvalue weighted by Crippen LogP contribution is -2.19. The number of nitriles is 1. The van der Waals surface area contributed by atoms with E-state index >= 15 is 0 Å². The molecule has 0 saturated carbocycles. The molecule has 0 radical (unpaired) electrons. The van der Waals surface area contributed by atoms with Crippen molar-refractivity contribution in [3.8, 4) is 6.07 Å². The van der Waals surface area contributed by atoms with Crippen LogP contribution in [-0.2, 0) is 4.79 Å². The zero-order chi connectivity index (χ0) is 18.1. The van der Waals surface area contributed by atoms with E-state index in [2.05, 4.69) is 38.1 Å². The molecule has 1 atom stereocenters. The predicted molar refractivity (Wildman–Crippen MR) is 98.0 cm³/mol. The van der Waals surface area contributed by atoms with Crippen LogP contribution >= 0.6 is 0 Å². The number of nitrogens with one attached hydrogen (secondary N) is 3. The van der Waals surface area contributed by atoms with E-state index in [1.807, 2.05) is 13.1 Å². The maximum absolute atomic E-state index is 11.6. The van der Waals surface area contributed by atoms with E-state index in [4.69, 9.17) is 5.26 Å². The second-order valence-electron chi connectivity index (χ2n) is 5.73. The molecule has 1 aliphatic carbocycles. The van der Waals surface area contributed by atoms with Gasteiger partial charge in [0.2, 0.25) is 5.95 Å². The van der Waals surface area contributed by atoms with Crippen LogP contribution in [-0.4, -0.2) is 36.9 Å². The van der Waals surface area contributed by atoms with Crippen LogP contribution < -0.4 is 16.0 Å². The molecule has 0 aromatic carbocycles. The van der Waals surface area contributed by atoms with Crippen molar-refractivity contribution in [1.82, 2.24) is 15.3 Å². The van der Waals surface area contributed by atoms with Crippen LogP contribution in [0.25, 0.3) is 0 Å². The summed E-state index contributed by atoms with van der Waals surface area (Å²) in [4.78, 5) is 20.0. The van der Waals surface area contributed by atoms with Gasteiger partial charge in [-0.2, -0.15) is 10.2 Å². The molecule has 3 N–H and O–H groups in total. The van der Waals surface area contributed by atoms with E-state index in [0.717, 1.165) is 36.8 Å². The molecular formula is C18H24N6O. The Balaban J connectivity index is 2.01. The molecule has 7 heteroatoms. The summed E-state index contributed by atoms with van der Waals surface area (Å²) in [5.41, 5.74) is 2.50. The van der Waals surface area contributed by atoms with Crippen molar-refractivity contribution in [3.63, 3.8) is 0 Å². The second kappa shape index (κ2) is 9.42. The highest BCUT2D eigenvalue weighted by molar-refractivity contribution is 5.62. The average Bonchev–Trinajstić information content (AvgIpc) is 2.90. The van der Waals surface area contributed by atoms with E-state index in [0.29, 0.717) is 30.3 Å². The SMILES string of the molecule is CNC1=CCCCC=C1C(C=O)CCNc1ncc(C#N)c(NC)n1. The molecule has 0 fully saturated rings. The zero-order valence-corrected chi connectivity index (χ0v) is 14.7. The summed E-state index contributed by atoms with van der Waals surface area (Å²) >= 11 is 0. The van der Waals surface area contributed by atoms with Gasteiger partial charge in [0, 0.05) is 32.3 Å². The molecule has 0 spiro atoms. The van der Waals surface area contributed by atoms with E-state index in [1.54, 1.807) is 7.05 Å². The standard InChI is InChI=1S/C18H24N6O/c1-20-16-7-5-3-4-6-15(16)13(12-25)8-9-22-18-23-11-14(10-19)17(21-2)24-18/h6-7,11-13,20H,3-5,8-9H2,1-2H3,(H2,21,22,23,24). The van der Waals surface area contributed by atoms with Crippen molar-refractivity contribution in [2.75, 3.05) is 31.3 Å². The Morgan fingerprint density at radius 2 is 2.12 bits per heavy atom. The van der Waals surface area contributed by atoms with E-state index in [-0.39, 0.29) is 5.92 Å². The van der Waals surface area contributed by atoms with Crippen LogP contribution in [0.1, 0.15) is 31.2 Å². The number of likely N-dealkylation sites (N-methyl/N-ethyl adjacent to an activating group) is 1. The minimum Gasteiger partial charge on any atom is -0.388 e. The number of carbonyl (C=O) groups excluding carboxylic acids is 1. The van der Waals surface area contributed by atoms with Gasteiger partial charge in [0.1, 0.15) is 23.7 Å². The van der Waals surface area contributed by atoms with Gasteiger partial charge in [0.25, 0.3) is 0 Å². The van der Waals surface area contributed by atoms with E-state index < -0.39 is 0 Å². The largest absolute Gasteiger partial charge is 0.388 e. The average molecular weight is 340 g/mol. The van der Waals surface area contributed by atoms with Gasteiger partial charge < -0.3 is 20.7 Å². The highest BCUT2D eigenvalue weighted by Crippen LogP contribution is 2.24. The first-order chi connectivity index (χ1) is 12.2. The Morgan fingerprint density at radius 3 is 2.80 bits per heavy atom. The summed E-state index contributed by atoms with van der Waals surface area (Å²) in [7, 11) is 3.59. The monoisotopic (exact) mass is 340 g/mol. The van der Waals surface area contributed by atoms with Crippen molar-refractivity contribution < 1.29 is 4.79 Å². The lowest BCUT2D eigenvalue weighted by Gasteiger charge is -2.18. The van der Waals surface area contributed by atoms with Gasteiger partial charge >= 0.3 is 0 Å². The van der Waals surface area contributed by atoms with Crippen LogP contribution in [0, 0.1) is 17.2 Å². The molecule has 1 aliphatic rings. The highest BCUT2D eigenvalue weighted by Gasteiger charge is 2.18. The van der Waals surface area contributed by atoms with Crippen LogP contribution in [0.2, 0.25) is 0 Å². The fourth-order valence-corrected chi connectivity index (χ4v) is 2.82. The maximum atomic E-state index is 11.6. The van der Waals surface area contributed by atoms with Crippen molar-refractivity contribution >= 4 is 18.1 Å². The fourth-order valence-electron chi connectivity index (χ4n) is 2.82. The number of hydrogen-bond acceptors (Lipinski definition) is 7. The van der Waals surface area contributed by atoms with E-state index in [1.165, 1.54) is 6.20 Å². The molecule has 0 bridgehead atoms. The summed E-state index contributed by atoms with van der Waals surface area (Å²) in [5.74, 6) is 0.748. The Labute approximate surface area is 148 Å². The number of aldehydes is 1. The number of carbonyl (C=O) groups is 1. The van der Waals surface area contributed by atoms with Crippen LogP contribution in [0.5, 0.6) is 0 Å². The van der Waals surface area contributed by atoms with Crippen molar-refractivity contribution in [3.05, 3.63) is 35.2 Å². The summed E-state index contributed by atoms with van der Waals surface area (Å²) in [6.07, 6.45) is 10.6. The van der Waals surface area contributed by atoms with Crippen LogP contribution in [0.4, 0.5) is 11.8 Å². The van der Waals surface area contributed by atoms with Gasteiger partial charge in [0.05, 0.1) is 6.20 Å². The number of hydrogen-bond donors (Lipinski definition) is 3. The summed E-state index contributed by atoms with van der Waals surface area (Å²) in [6.45, 7) is 0.562. The first-order valence-corrected chi connectivity index (χ1v) is 8.45. The Hall–Kier alpha value is -2.88. The quantitative estimate of drug-likeness (QED) is 0.623. The topological polar surface area (TPSA) is 103 Å². The molecule has 1 unspecified atom stereocenters. The number of anilines is 2. The Morgan fingerprint density at radius 1 is 1.32 bits per heavy atom. The first kappa shape index (κ1) is 18.5. The van der Waals surface area contributed by atoms with Crippen molar-refractivity contribution in [2.24, 2.45) is 5.92 Å². The Kier molecular flexibility index (Phi) is 6.96. The van der Waals surface area contributed by atoms with Gasteiger partial charge in [0.15, 0.2) is 0 Å². The molecule has 7 nitrogen and oxygen atoms in total. The molecule has 132 valence electrons. The third kappa shape index (κ3) is 4.80. The van der Waals surface area contributed by atoms with Crippen LogP contribution in [0.15, 0.2) is 29.6 Å². The van der Waals surface area contributed by atoms with Crippen molar-refractivity contribution in [1.29, 1.82) is 5.26 Å². The second-order valence-corrected chi connectivity index (χ2v) is 5.73. The van der Waals surface area contributed by atoms with Gasteiger partial charge in [-0.3, -0.25) is 0 Å². The molecule has 1 heterocycles. The lowest BCUT2D eigenvalue weighted by molar-refractivity contribution is -0.110. The number of nitrogens with zero attached hydrogens (tertiary/aromatic N) is 3. The van der Waals surface area contributed by atoms with Gasteiger partial charge in [-0.25, -0.2) is 4.98 Å². The van der Waals surface area contributed by atoms with Gasteiger partial charge in [-0.15, -0.1) is 0 Å². The predicted octanol–water partition coefficient (Wildman–Crippen LogP) is 2.22. The molecule has 0 saturated heterocycles. The maximum Gasteiger partial charge on any atom is 0.224 e. The summed E-state index contributed by atoms with van der Waals surface area (Å²) in [6, 6.07) is 2.04. The molecular weight excluding hydrogens is 316 g/mol. The fraction of sp³-hybridized carbons (Fsp3) is 0.444. The molecule has 2 rings (SSSR count). The molecule has 25 heavy (non-hydrogen) atoms. The Bertz CT molecular complexity index is 704. The normalized spacial score (nSPS) is 15.1. The number of aromatic nitrogens is 2. The van der Waals surface area contributed by atoms with E-state index in [9.17, 15) is 4.79 Å². The van der Waals surface area contributed by atoms with Gasteiger partial charge in [-0.05, 0) is 31.3 Å². The van der Waals surface area contributed by atoms with Gasteiger partial charge in [-0.1, -0.05) is 12.2 Å². The third-order valence-corrected chi connectivity index (χ3v) is 4.15. The lowest BCUT2D eigenvalue weighted by atomic mass is 9.93. The molecule has 0 amide bonds. The molecule has 1 aromatic rings. The van der Waals surface area contributed by atoms with Crippen LogP contribution in [0.3, 0.4) is 0 Å². The minimum absolute atomic E-state index is 0.175. The zero-order valence-electron chi connectivity index (χ0n) is 14.7.